The van der Waals surface area contributed by atoms with Crippen molar-refractivity contribution in [1.82, 2.24) is 4.98 Å². The van der Waals surface area contributed by atoms with Crippen molar-refractivity contribution in [2.24, 2.45) is 0 Å². The SMILES string of the molecule is CCSc1ccc(N2CCC(O)C2)c(-c2cc3ccccc3[nH]2)c1. The molecule has 1 atom stereocenters. The standard InChI is InChI=1S/C20H22N2OS/c1-2-24-16-7-8-20(22-10-9-15(23)13-22)17(12-16)19-11-14-5-3-4-6-18(14)21-19/h3-8,11-12,15,21,23H,2,9-10,13H2,1H3. The van der Waals surface area contributed by atoms with Gasteiger partial charge in [-0.15, -0.1) is 11.8 Å². The zero-order chi connectivity index (χ0) is 16.5. The molecule has 1 aromatic heterocycles. The molecule has 0 aliphatic carbocycles. The zero-order valence-electron chi connectivity index (χ0n) is 13.8. The predicted molar refractivity (Wildman–Crippen MR) is 103 cm³/mol. The molecular weight excluding hydrogens is 316 g/mol. The van der Waals surface area contributed by atoms with Crippen LogP contribution in [0.25, 0.3) is 22.2 Å². The Morgan fingerprint density at radius 3 is 2.83 bits per heavy atom. The van der Waals surface area contributed by atoms with Crippen molar-refractivity contribution in [3.05, 3.63) is 48.5 Å². The summed E-state index contributed by atoms with van der Waals surface area (Å²) < 4.78 is 0. The third-order valence-corrected chi connectivity index (χ3v) is 5.48. The van der Waals surface area contributed by atoms with Crippen LogP contribution >= 0.6 is 11.8 Å². The number of β-amino-alcohol motifs (C(OH)–C–C–N with tert-alkyl or cyclic N) is 1. The maximum absolute atomic E-state index is 9.92. The Morgan fingerprint density at radius 1 is 1.21 bits per heavy atom. The summed E-state index contributed by atoms with van der Waals surface area (Å²) in [6, 6.07) is 17.3. The first kappa shape index (κ1) is 15.6. The quantitative estimate of drug-likeness (QED) is 0.687. The molecule has 3 nitrogen and oxygen atoms in total. The molecule has 0 spiro atoms. The second kappa shape index (κ2) is 6.54. The van der Waals surface area contributed by atoms with Crippen molar-refractivity contribution in [3.63, 3.8) is 0 Å². The molecule has 4 rings (SSSR count). The number of aromatic amines is 1. The highest BCUT2D eigenvalue weighted by Crippen LogP contribution is 2.37. The lowest BCUT2D eigenvalue weighted by Crippen LogP contribution is -2.21. The highest BCUT2D eigenvalue weighted by Gasteiger charge is 2.23. The van der Waals surface area contributed by atoms with Gasteiger partial charge in [0.25, 0.3) is 0 Å². The number of hydrogen-bond acceptors (Lipinski definition) is 3. The second-order valence-corrected chi connectivity index (χ2v) is 7.61. The van der Waals surface area contributed by atoms with Crippen molar-refractivity contribution < 1.29 is 5.11 Å². The fourth-order valence-electron chi connectivity index (χ4n) is 3.44. The van der Waals surface area contributed by atoms with Gasteiger partial charge in [-0.2, -0.15) is 0 Å². The lowest BCUT2D eigenvalue weighted by Gasteiger charge is -2.22. The Kier molecular flexibility index (Phi) is 4.25. The Balaban J connectivity index is 1.82. The van der Waals surface area contributed by atoms with Crippen molar-refractivity contribution in [2.45, 2.75) is 24.3 Å². The van der Waals surface area contributed by atoms with E-state index >= 15 is 0 Å². The van der Waals surface area contributed by atoms with E-state index in [4.69, 9.17) is 0 Å². The molecule has 0 bridgehead atoms. The topological polar surface area (TPSA) is 39.3 Å². The van der Waals surface area contributed by atoms with Gasteiger partial charge in [0, 0.05) is 45.8 Å². The lowest BCUT2D eigenvalue weighted by molar-refractivity contribution is 0.198. The number of fused-ring (bicyclic) bond motifs is 1. The molecule has 4 heteroatoms. The van der Waals surface area contributed by atoms with Crippen molar-refractivity contribution in [1.29, 1.82) is 0 Å². The summed E-state index contributed by atoms with van der Waals surface area (Å²) in [4.78, 5) is 7.14. The average molecular weight is 338 g/mol. The normalized spacial score (nSPS) is 17.8. The van der Waals surface area contributed by atoms with Gasteiger partial charge >= 0.3 is 0 Å². The van der Waals surface area contributed by atoms with Crippen LogP contribution in [0.4, 0.5) is 5.69 Å². The van der Waals surface area contributed by atoms with Crippen LogP contribution in [0.1, 0.15) is 13.3 Å². The van der Waals surface area contributed by atoms with Gasteiger partial charge in [0.1, 0.15) is 0 Å². The largest absolute Gasteiger partial charge is 0.391 e. The maximum Gasteiger partial charge on any atom is 0.0731 e. The number of H-pyrrole nitrogens is 1. The summed E-state index contributed by atoms with van der Waals surface area (Å²) >= 11 is 1.86. The number of hydrogen-bond donors (Lipinski definition) is 2. The molecule has 2 aromatic carbocycles. The minimum atomic E-state index is -0.217. The molecule has 1 unspecified atom stereocenters. The first-order chi connectivity index (χ1) is 11.7. The first-order valence-electron chi connectivity index (χ1n) is 8.52. The van der Waals surface area contributed by atoms with Crippen LogP contribution < -0.4 is 4.90 Å². The summed E-state index contributed by atoms with van der Waals surface area (Å²) in [5.41, 5.74) is 4.73. The van der Waals surface area contributed by atoms with Crippen LogP contribution in [-0.2, 0) is 0 Å². The highest BCUT2D eigenvalue weighted by atomic mass is 32.2. The minimum Gasteiger partial charge on any atom is -0.391 e. The van der Waals surface area contributed by atoms with E-state index in [0.717, 1.165) is 29.9 Å². The van der Waals surface area contributed by atoms with Gasteiger partial charge in [-0.25, -0.2) is 0 Å². The number of anilines is 1. The molecule has 0 saturated carbocycles. The zero-order valence-corrected chi connectivity index (χ0v) is 14.6. The van der Waals surface area contributed by atoms with Gasteiger partial charge in [-0.1, -0.05) is 25.1 Å². The fraction of sp³-hybridized carbons (Fsp3) is 0.300. The number of aromatic nitrogens is 1. The van der Waals surface area contributed by atoms with Crippen molar-refractivity contribution in [2.75, 3.05) is 23.7 Å². The molecule has 124 valence electrons. The molecule has 2 N–H and O–H groups in total. The minimum absolute atomic E-state index is 0.217. The number of aliphatic hydroxyl groups excluding tert-OH is 1. The van der Waals surface area contributed by atoms with E-state index in [1.54, 1.807) is 0 Å². The van der Waals surface area contributed by atoms with Crippen LogP contribution in [0.15, 0.2) is 53.4 Å². The molecule has 0 amide bonds. The highest BCUT2D eigenvalue weighted by molar-refractivity contribution is 7.99. The van der Waals surface area contributed by atoms with Gasteiger partial charge in [0.2, 0.25) is 0 Å². The molecule has 1 fully saturated rings. The van der Waals surface area contributed by atoms with Crippen LogP contribution in [0.3, 0.4) is 0 Å². The molecule has 3 aromatic rings. The first-order valence-corrected chi connectivity index (χ1v) is 9.51. The Labute approximate surface area is 146 Å². The number of thioether (sulfide) groups is 1. The second-order valence-electron chi connectivity index (χ2n) is 6.27. The molecule has 24 heavy (non-hydrogen) atoms. The number of nitrogens with one attached hydrogen (secondary N) is 1. The van der Waals surface area contributed by atoms with Crippen LogP contribution in [0.2, 0.25) is 0 Å². The Bertz CT molecular complexity index is 825. The number of rotatable bonds is 4. The number of benzene rings is 2. The molecular formula is C20H22N2OS. The van der Waals surface area contributed by atoms with Gasteiger partial charge in [0.05, 0.1) is 6.10 Å². The van der Waals surface area contributed by atoms with E-state index in [9.17, 15) is 5.11 Å². The third kappa shape index (κ3) is 2.92. The summed E-state index contributed by atoms with van der Waals surface area (Å²) in [7, 11) is 0. The molecule has 1 aliphatic heterocycles. The van der Waals surface area contributed by atoms with E-state index in [-0.39, 0.29) is 6.10 Å². The number of aliphatic hydroxyl groups is 1. The predicted octanol–water partition coefficient (Wildman–Crippen LogP) is 4.52. The van der Waals surface area contributed by atoms with E-state index < -0.39 is 0 Å². The van der Waals surface area contributed by atoms with E-state index in [1.165, 1.54) is 21.5 Å². The monoisotopic (exact) mass is 338 g/mol. The van der Waals surface area contributed by atoms with E-state index in [0.29, 0.717) is 6.54 Å². The van der Waals surface area contributed by atoms with Gasteiger partial charge in [0.15, 0.2) is 0 Å². The number of nitrogens with zero attached hydrogens (tertiary/aromatic N) is 1. The Morgan fingerprint density at radius 2 is 2.08 bits per heavy atom. The average Bonchev–Trinajstić information content (AvgIpc) is 3.21. The third-order valence-electron chi connectivity index (χ3n) is 4.60. The van der Waals surface area contributed by atoms with Crippen molar-refractivity contribution in [3.8, 4) is 11.3 Å². The van der Waals surface area contributed by atoms with Gasteiger partial charge in [-0.05, 0) is 42.5 Å². The van der Waals surface area contributed by atoms with Crippen LogP contribution in [0, 0.1) is 0 Å². The molecule has 1 saturated heterocycles. The van der Waals surface area contributed by atoms with Gasteiger partial charge < -0.3 is 15.0 Å². The van der Waals surface area contributed by atoms with Crippen LogP contribution in [0.5, 0.6) is 0 Å². The maximum atomic E-state index is 9.92. The lowest BCUT2D eigenvalue weighted by atomic mass is 10.1. The summed E-state index contributed by atoms with van der Waals surface area (Å²) in [5, 5.41) is 11.2. The summed E-state index contributed by atoms with van der Waals surface area (Å²) in [5.74, 6) is 1.06. The molecule has 2 heterocycles. The van der Waals surface area contributed by atoms with E-state index in [2.05, 4.69) is 65.3 Å². The smallest absolute Gasteiger partial charge is 0.0731 e. The molecule has 0 radical (unpaired) electrons. The Hall–Kier alpha value is -1.91. The number of para-hydroxylation sites is 1. The van der Waals surface area contributed by atoms with E-state index in [1.807, 2.05) is 11.8 Å². The van der Waals surface area contributed by atoms with Crippen molar-refractivity contribution >= 4 is 28.4 Å². The summed E-state index contributed by atoms with van der Waals surface area (Å²) in [6.45, 7) is 3.81. The fourth-order valence-corrected chi connectivity index (χ4v) is 4.14. The summed E-state index contributed by atoms with van der Waals surface area (Å²) in [6.07, 6.45) is 0.627. The van der Waals surface area contributed by atoms with Crippen LogP contribution in [-0.4, -0.2) is 35.0 Å². The molecule has 1 aliphatic rings. The van der Waals surface area contributed by atoms with Gasteiger partial charge in [-0.3, -0.25) is 0 Å².